The third kappa shape index (κ3) is 11.7. The van der Waals surface area contributed by atoms with Crippen LogP contribution in [0, 0.1) is 12.8 Å². The van der Waals surface area contributed by atoms with Crippen LogP contribution in [-0.4, -0.2) is 30.1 Å². The Balaban J connectivity index is 0. The van der Waals surface area contributed by atoms with Gasteiger partial charge in [-0.2, -0.15) is 0 Å². The molecule has 0 spiro atoms. The smallest absolute Gasteiger partial charge is 0.416 e. The van der Waals surface area contributed by atoms with E-state index in [9.17, 15) is 9.59 Å². The Morgan fingerprint density at radius 3 is 2.00 bits per heavy atom. The molecule has 1 aromatic rings. The molecule has 0 bridgehead atoms. The second-order valence-corrected chi connectivity index (χ2v) is 5.25. The fraction of sp³-hybridized carbons (Fsp3) is 0.600. The molecule has 0 aromatic heterocycles. The molecule has 1 saturated heterocycles. The van der Waals surface area contributed by atoms with Crippen LogP contribution in [0.3, 0.4) is 0 Å². The maximum atomic E-state index is 11.4. The molecule has 2 amide bonds. The largest absolute Gasteiger partial charge is 0.447 e. The lowest BCUT2D eigenvalue weighted by molar-refractivity contribution is -0.128. The van der Waals surface area contributed by atoms with Crippen molar-refractivity contribution in [3.8, 4) is 0 Å². The quantitative estimate of drug-likeness (QED) is 0.737. The van der Waals surface area contributed by atoms with Crippen LogP contribution in [0.1, 0.15) is 59.9 Å². The van der Waals surface area contributed by atoms with E-state index >= 15 is 0 Å². The normalized spacial score (nSPS) is 12.0. The molecular weight excluding hydrogens is 302 g/mol. The van der Waals surface area contributed by atoms with E-state index in [1.54, 1.807) is 0 Å². The van der Waals surface area contributed by atoms with E-state index in [-0.39, 0.29) is 5.91 Å². The molecule has 1 fully saturated rings. The van der Waals surface area contributed by atoms with Gasteiger partial charge < -0.3 is 4.74 Å². The molecule has 0 aliphatic carbocycles. The first-order valence-electron chi connectivity index (χ1n) is 8.99. The van der Waals surface area contributed by atoms with Gasteiger partial charge in [0.2, 0.25) is 5.91 Å². The fourth-order valence-corrected chi connectivity index (χ4v) is 1.70. The van der Waals surface area contributed by atoms with Crippen molar-refractivity contribution in [2.45, 2.75) is 61.3 Å². The number of benzene rings is 1. The molecule has 1 aliphatic heterocycles. The van der Waals surface area contributed by atoms with Crippen molar-refractivity contribution in [2.24, 2.45) is 5.92 Å². The van der Waals surface area contributed by atoms with E-state index in [2.05, 4.69) is 37.6 Å². The van der Waals surface area contributed by atoms with Crippen LogP contribution in [0.2, 0.25) is 0 Å². The van der Waals surface area contributed by atoms with Crippen LogP contribution in [-0.2, 0) is 9.53 Å². The van der Waals surface area contributed by atoms with Gasteiger partial charge in [0.1, 0.15) is 6.61 Å². The van der Waals surface area contributed by atoms with Crippen molar-refractivity contribution in [1.29, 1.82) is 0 Å². The Kier molecular flexibility index (Phi) is 16.3. The molecule has 1 aromatic carbocycles. The zero-order valence-electron chi connectivity index (χ0n) is 16.5. The second kappa shape index (κ2) is 16.0. The second-order valence-electron chi connectivity index (χ2n) is 5.25. The minimum atomic E-state index is -0.492. The third-order valence-corrected chi connectivity index (χ3v) is 2.94. The number of amides is 2. The molecule has 0 unspecified atom stereocenters. The monoisotopic (exact) mass is 337 g/mol. The summed E-state index contributed by atoms with van der Waals surface area (Å²) in [6.07, 6.45) is 0.767. The summed E-state index contributed by atoms with van der Waals surface area (Å²) in [4.78, 5) is 23.5. The van der Waals surface area contributed by atoms with Crippen LogP contribution >= 0.6 is 0 Å². The Morgan fingerprint density at radius 1 is 1.12 bits per heavy atom. The van der Waals surface area contributed by atoms with E-state index in [4.69, 9.17) is 0 Å². The van der Waals surface area contributed by atoms with Gasteiger partial charge in [-0.1, -0.05) is 77.4 Å². The Morgan fingerprint density at radius 2 is 1.67 bits per heavy atom. The maximum absolute atomic E-state index is 11.4. The zero-order chi connectivity index (χ0) is 19.0. The summed E-state index contributed by atoms with van der Waals surface area (Å²) in [6.45, 7) is 14.9. The average molecular weight is 338 g/mol. The van der Waals surface area contributed by atoms with E-state index in [1.807, 2.05) is 45.9 Å². The maximum Gasteiger partial charge on any atom is 0.416 e. The molecule has 4 nitrogen and oxygen atoms in total. The van der Waals surface area contributed by atoms with Gasteiger partial charge in [0.05, 0.1) is 6.54 Å². The molecular formula is C20H35NO3. The number of aryl methyl sites for hydroxylation is 1. The third-order valence-electron chi connectivity index (χ3n) is 2.94. The van der Waals surface area contributed by atoms with Crippen LogP contribution < -0.4 is 0 Å². The molecule has 0 saturated carbocycles. The first-order valence-corrected chi connectivity index (χ1v) is 8.99. The lowest BCUT2D eigenvalue weighted by atomic mass is 10.1. The highest BCUT2D eigenvalue weighted by Gasteiger charge is 2.27. The van der Waals surface area contributed by atoms with Crippen LogP contribution in [0.4, 0.5) is 4.79 Å². The number of hydrogen-bond acceptors (Lipinski definition) is 3. The molecule has 0 radical (unpaired) electrons. The van der Waals surface area contributed by atoms with Gasteiger partial charge in [0.25, 0.3) is 0 Å². The van der Waals surface area contributed by atoms with Gasteiger partial charge >= 0.3 is 6.09 Å². The van der Waals surface area contributed by atoms with Crippen molar-refractivity contribution in [3.63, 3.8) is 0 Å². The van der Waals surface area contributed by atoms with Gasteiger partial charge in [0.15, 0.2) is 0 Å². The lowest BCUT2D eigenvalue weighted by Gasteiger charge is -2.11. The van der Waals surface area contributed by atoms with Crippen molar-refractivity contribution in [3.05, 3.63) is 35.9 Å². The van der Waals surface area contributed by atoms with Crippen LogP contribution in [0.15, 0.2) is 30.3 Å². The van der Waals surface area contributed by atoms with E-state index in [0.29, 0.717) is 25.5 Å². The summed E-state index contributed by atoms with van der Waals surface area (Å²) in [7, 11) is 0. The SMILES string of the molecule is CC.CC.CC(C)CCC(=O)N1CCOC1=O.Cc1ccccc1. The van der Waals surface area contributed by atoms with Crippen molar-refractivity contribution < 1.29 is 14.3 Å². The van der Waals surface area contributed by atoms with Gasteiger partial charge in [-0.3, -0.25) is 4.79 Å². The topological polar surface area (TPSA) is 46.6 Å². The van der Waals surface area contributed by atoms with Crippen molar-refractivity contribution >= 4 is 12.0 Å². The molecule has 1 aliphatic rings. The number of rotatable bonds is 3. The van der Waals surface area contributed by atoms with Gasteiger partial charge in [-0.05, 0) is 19.3 Å². The lowest BCUT2D eigenvalue weighted by Crippen LogP contribution is -2.31. The Bertz CT molecular complexity index is 430. The van der Waals surface area contributed by atoms with Crippen LogP contribution in [0.5, 0.6) is 0 Å². The highest BCUT2D eigenvalue weighted by atomic mass is 16.6. The first-order chi connectivity index (χ1) is 11.5. The van der Waals surface area contributed by atoms with Gasteiger partial charge in [-0.15, -0.1) is 0 Å². The Labute approximate surface area is 148 Å². The molecule has 2 rings (SSSR count). The molecule has 0 N–H and O–H groups in total. The highest BCUT2D eigenvalue weighted by Crippen LogP contribution is 2.10. The number of nitrogens with zero attached hydrogens (tertiary/aromatic N) is 1. The number of carbonyl (C=O) groups is 2. The van der Waals surface area contributed by atoms with Crippen LogP contribution in [0.25, 0.3) is 0 Å². The van der Waals surface area contributed by atoms with E-state index in [0.717, 1.165) is 6.42 Å². The van der Waals surface area contributed by atoms with Crippen molar-refractivity contribution in [2.75, 3.05) is 13.2 Å². The molecule has 1 heterocycles. The molecule has 4 heteroatoms. The number of hydrogen-bond donors (Lipinski definition) is 0. The summed E-state index contributed by atoms with van der Waals surface area (Å²) in [6, 6.07) is 10.3. The van der Waals surface area contributed by atoms with E-state index in [1.165, 1.54) is 10.5 Å². The van der Waals surface area contributed by atoms with Crippen molar-refractivity contribution in [1.82, 2.24) is 4.90 Å². The predicted molar refractivity (Wildman–Crippen MR) is 101 cm³/mol. The summed E-state index contributed by atoms with van der Waals surface area (Å²) in [5, 5.41) is 0. The minimum absolute atomic E-state index is 0.115. The van der Waals surface area contributed by atoms with Gasteiger partial charge in [0, 0.05) is 6.42 Å². The zero-order valence-corrected chi connectivity index (χ0v) is 16.5. The summed E-state index contributed by atoms with van der Waals surface area (Å²) in [5.41, 5.74) is 1.32. The standard InChI is InChI=1S/C9H15NO3.C7H8.2C2H6/c1-7(2)3-4-8(11)10-5-6-13-9(10)12;1-7-5-3-2-4-6-7;2*1-2/h7H,3-6H2,1-2H3;2-6H,1H3;2*1-2H3. The van der Waals surface area contributed by atoms with Gasteiger partial charge in [-0.25, -0.2) is 9.69 Å². The number of carbonyl (C=O) groups excluding carboxylic acids is 2. The molecule has 0 atom stereocenters. The number of cyclic esters (lactones) is 1. The average Bonchev–Trinajstić information content (AvgIpc) is 3.04. The Hall–Kier alpha value is -1.84. The summed E-state index contributed by atoms with van der Waals surface area (Å²) < 4.78 is 4.66. The fourth-order valence-electron chi connectivity index (χ4n) is 1.70. The minimum Gasteiger partial charge on any atom is -0.447 e. The predicted octanol–water partition coefficient (Wildman–Crippen LogP) is 5.45. The molecule has 138 valence electrons. The summed E-state index contributed by atoms with van der Waals surface area (Å²) >= 11 is 0. The number of ether oxygens (including phenoxy) is 1. The molecule has 24 heavy (non-hydrogen) atoms. The first kappa shape index (κ1) is 24.4. The van der Waals surface area contributed by atoms with E-state index < -0.39 is 6.09 Å². The summed E-state index contributed by atoms with van der Waals surface area (Å²) in [5.74, 6) is 0.374. The highest BCUT2D eigenvalue weighted by molar-refractivity contribution is 5.92. The number of imide groups is 1.